The molecule has 1 aliphatic rings. The van der Waals surface area contributed by atoms with Gasteiger partial charge in [0.2, 0.25) is 11.2 Å². The Hall–Kier alpha value is -5.91. The number of carbonyl (C=O) groups is 3. The summed E-state index contributed by atoms with van der Waals surface area (Å²) in [6.45, 7) is 8.22. The summed E-state index contributed by atoms with van der Waals surface area (Å²) >= 11 is 0. The highest BCUT2D eigenvalue weighted by Crippen LogP contribution is 2.54. The number of aliphatic hydroxyl groups is 3. The summed E-state index contributed by atoms with van der Waals surface area (Å²) in [5.74, 6) is -6.61. The minimum Gasteiger partial charge on any atom is -0.376 e. The highest BCUT2D eigenvalue weighted by molar-refractivity contribution is 6.08. The molecule has 0 aromatic heterocycles. The molecule has 65 heavy (non-hydrogen) atoms. The fourth-order valence-electron chi connectivity index (χ4n) is 9.47. The fraction of sp³-hybridized carbons (Fsp3) is 0.304. The average molecular weight is 875 g/mol. The quantitative estimate of drug-likeness (QED) is 0.0770. The molecule has 3 N–H and O–H groups in total. The van der Waals surface area contributed by atoms with Crippen molar-refractivity contribution in [2.24, 2.45) is 17.8 Å². The lowest BCUT2D eigenvalue weighted by molar-refractivity contribution is -0.384. The van der Waals surface area contributed by atoms with Crippen LogP contribution in [0.2, 0.25) is 0 Å². The van der Waals surface area contributed by atoms with Gasteiger partial charge in [0, 0.05) is 17.8 Å². The Bertz CT molecular complexity index is 2340. The third kappa shape index (κ3) is 7.80. The third-order valence-electron chi connectivity index (χ3n) is 12.7. The molecule has 0 bridgehead atoms. The van der Waals surface area contributed by atoms with Gasteiger partial charge in [0.25, 0.3) is 0 Å². The van der Waals surface area contributed by atoms with Crippen LogP contribution in [0.5, 0.6) is 0 Å². The van der Waals surface area contributed by atoms with Gasteiger partial charge in [-0.15, -0.1) is 0 Å². The van der Waals surface area contributed by atoms with Crippen molar-refractivity contribution in [1.29, 1.82) is 0 Å². The minimum atomic E-state index is -3.58. The van der Waals surface area contributed by atoms with Crippen LogP contribution in [0.4, 0.5) is 0 Å². The van der Waals surface area contributed by atoms with E-state index in [4.69, 9.17) is 14.2 Å². The van der Waals surface area contributed by atoms with Crippen LogP contribution in [0.15, 0.2) is 182 Å². The van der Waals surface area contributed by atoms with Gasteiger partial charge in [0.1, 0.15) is 17.3 Å². The summed E-state index contributed by atoms with van der Waals surface area (Å²) in [6, 6.07) is 55.6. The van der Waals surface area contributed by atoms with E-state index in [1.165, 1.54) is 41.5 Å². The second-order valence-electron chi connectivity index (χ2n) is 17.7. The Labute approximate surface area is 381 Å². The topological polar surface area (TPSA) is 140 Å². The molecule has 1 fully saturated rings. The molecule has 7 rings (SSSR count). The van der Waals surface area contributed by atoms with Crippen molar-refractivity contribution in [3.63, 3.8) is 0 Å². The molecule has 9 nitrogen and oxygen atoms in total. The Kier molecular flexibility index (Phi) is 13.7. The van der Waals surface area contributed by atoms with Crippen molar-refractivity contribution in [1.82, 2.24) is 0 Å². The zero-order chi connectivity index (χ0) is 46.6. The summed E-state index contributed by atoms with van der Waals surface area (Å²) in [6.07, 6.45) is -4.22. The number of hydrogen-bond acceptors (Lipinski definition) is 9. The Morgan fingerprint density at radius 3 is 1.03 bits per heavy atom. The molecule has 0 unspecified atom stereocenters. The van der Waals surface area contributed by atoms with E-state index in [1.54, 1.807) is 0 Å². The first-order valence-corrected chi connectivity index (χ1v) is 22.2. The van der Waals surface area contributed by atoms with E-state index in [9.17, 15) is 15.3 Å². The molecule has 0 aliphatic carbocycles. The molecule has 6 aromatic carbocycles. The molecule has 0 radical (unpaired) electrons. The van der Waals surface area contributed by atoms with E-state index in [1.807, 2.05) is 182 Å². The summed E-state index contributed by atoms with van der Waals surface area (Å²) in [4.78, 5) is 45.4. The zero-order valence-electron chi connectivity index (χ0n) is 37.7. The molecule has 336 valence electrons. The van der Waals surface area contributed by atoms with Crippen LogP contribution in [0.1, 0.15) is 74.9 Å². The van der Waals surface area contributed by atoms with Gasteiger partial charge in [-0.2, -0.15) is 0 Å². The molecule has 6 aromatic rings. The second-order valence-corrected chi connectivity index (χ2v) is 17.7. The van der Waals surface area contributed by atoms with E-state index in [0.717, 1.165) is 0 Å². The first kappa shape index (κ1) is 47.1. The van der Waals surface area contributed by atoms with Crippen molar-refractivity contribution in [3.8, 4) is 0 Å². The SMILES string of the molecule is CC(C)C(=O)[C@]1(O)[C@@](O)(C(=O)C(C)C)[C@@H](COC(c2ccccc2)(c2ccccc2)c2ccccc2)O[C@H](OC(c2ccccc2)(c2ccccc2)c2ccccc2)[C@@]1(O)C(=O)C(C)C. The van der Waals surface area contributed by atoms with Crippen molar-refractivity contribution >= 4 is 17.3 Å². The van der Waals surface area contributed by atoms with E-state index >= 15 is 14.4 Å². The van der Waals surface area contributed by atoms with E-state index < -0.39 is 82.1 Å². The van der Waals surface area contributed by atoms with Crippen LogP contribution in [-0.4, -0.2) is 68.5 Å². The Balaban J connectivity index is 1.55. The lowest BCUT2D eigenvalue weighted by Crippen LogP contribution is -2.88. The summed E-state index contributed by atoms with van der Waals surface area (Å²) in [5, 5.41) is 40.9. The summed E-state index contributed by atoms with van der Waals surface area (Å²) in [5.41, 5.74) is -9.82. The molecule has 0 saturated carbocycles. The second kappa shape index (κ2) is 18.9. The van der Waals surface area contributed by atoms with E-state index in [2.05, 4.69) is 0 Å². The van der Waals surface area contributed by atoms with Crippen molar-refractivity contribution in [3.05, 3.63) is 215 Å². The predicted molar refractivity (Wildman–Crippen MR) is 248 cm³/mol. The number of Topliss-reactive ketones (excluding diaryl/α,β-unsaturated/α-hetero) is 3. The smallest absolute Gasteiger partial charge is 0.213 e. The van der Waals surface area contributed by atoms with Gasteiger partial charge in [-0.25, -0.2) is 0 Å². The maximum atomic E-state index is 15.2. The van der Waals surface area contributed by atoms with Gasteiger partial charge in [-0.3, -0.25) is 14.4 Å². The van der Waals surface area contributed by atoms with Crippen LogP contribution in [-0.2, 0) is 39.8 Å². The number of rotatable bonds is 17. The maximum Gasteiger partial charge on any atom is 0.213 e. The average Bonchev–Trinajstić information content (AvgIpc) is 3.34. The van der Waals surface area contributed by atoms with Crippen molar-refractivity contribution < 1.29 is 43.9 Å². The normalized spacial score (nSPS) is 22.5. The third-order valence-corrected chi connectivity index (χ3v) is 12.7. The lowest BCUT2D eigenvalue weighted by atomic mass is 9.57. The zero-order valence-corrected chi connectivity index (χ0v) is 37.7. The molecule has 9 heteroatoms. The molecule has 0 spiro atoms. The molecular formula is C56H58O9. The highest BCUT2D eigenvalue weighted by Gasteiger charge is 2.81. The molecule has 1 aliphatic heterocycles. The molecule has 1 saturated heterocycles. The first-order chi connectivity index (χ1) is 31.1. The summed E-state index contributed by atoms with van der Waals surface area (Å²) < 4.78 is 21.4. The number of benzene rings is 6. The van der Waals surface area contributed by atoms with E-state index in [-0.39, 0.29) is 0 Å². The van der Waals surface area contributed by atoms with Gasteiger partial charge in [-0.05, 0) is 33.4 Å². The molecule has 0 amide bonds. The number of carbonyl (C=O) groups excluding carboxylic acids is 3. The van der Waals surface area contributed by atoms with Crippen LogP contribution < -0.4 is 0 Å². The van der Waals surface area contributed by atoms with Crippen molar-refractivity contribution in [2.45, 2.75) is 81.9 Å². The van der Waals surface area contributed by atoms with Crippen LogP contribution >= 0.6 is 0 Å². The Morgan fingerprint density at radius 2 is 0.738 bits per heavy atom. The minimum absolute atomic E-state index is 0.544. The van der Waals surface area contributed by atoms with Gasteiger partial charge >= 0.3 is 0 Å². The van der Waals surface area contributed by atoms with Gasteiger partial charge < -0.3 is 29.5 Å². The predicted octanol–water partition coefficient (Wildman–Crippen LogP) is 8.60. The molecular weight excluding hydrogens is 817 g/mol. The van der Waals surface area contributed by atoms with Gasteiger partial charge in [0.05, 0.1) is 6.61 Å². The molecule has 1 heterocycles. The number of hydrogen-bond donors (Lipinski definition) is 3. The lowest BCUT2D eigenvalue weighted by Gasteiger charge is -2.60. The standard InChI is InChI=1S/C56H58O9/c1-38(2)48(57)54(60)47(37-63-52(41-25-13-7-14-26-41,42-27-15-8-16-28-42)43-29-17-9-18-30-43)64-51(55(61,49(58)39(3)4)56(54,62)50(59)40(5)6)65-53(44-31-19-10-20-32-44,45-33-21-11-22-34-45)46-35-23-12-24-36-46/h7-36,38-40,47,51,60-62H,37H2,1-6H3/t47-,51-,54+,55+,56+/m1/s1. The monoisotopic (exact) mass is 874 g/mol. The van der Waals surface area contributed by atoms with E-state index in [0.29, 0.717) is 33.4 Å². The fourth-order valence-corrected chi connectivity index (χ4v) is 9.47. The summed E-state index contributed by atoms with van der Waals surface area (Å²) in [7, 11) is 0. The maximum absolute atomic E-state index is 15.2. The highest BCUT2D eigenvalue weighted by atomic mass is 16.7. The van der Waals surface area contributed by atoms with Gasteiger partial charge in [-0.1, -0.05) is 224 Å². The molecule has 5 atom stereocenters. The van der Waals surface area contributed by atoms with Crippen molar-refractivity contribution in [2.75, 3.05) is 6.61 Å². The van der Waals surface area contributed by atoms with Gasteiger partial charge in [0.15, 0.2) is 29.2 Å². The number of ether oxygens (including phenoxy) is 3. The van der Waals surface area contributed by atoms with Crippen LogP contribution in [0.3, 0.4) is 0 Å². The largest absolute Gasteiger partial charge is 0.376 e. The van der Waals surface area contributed by atoms with Crippen LogP contribution in [0.25, 0.3) is 0 Å². The number of ketones is 3. The Morgan fingerprint density at radius 1 is 0.462 bits per heavy atom. The van der Waals surface area contributed by atoms with Crippen LogP contribution in [0, 0.1) is 17.8 Å². The first-order valence-electron chi connectivity index (χ1n) is 22.2.